The van der Waals surface area contributed by atoms with Gasteiger partial charge in [-0.1, -0.05) is 79.4 Å². The van der Waals surface area contributed by atoms with Crippen LogP contribution in [0.25, 0.3) is 10.8 Å². The highest BCUT2D eigenvalue weighted by Crippen LogP contribution is 2.26. The molecule has 39 heavy (non-hydrogen) atoms. The summed E-state index contributed by atoms with van der Waals surface area (Å²) < 4.78 is 27.9. The summed E-state index contributed by atoms with van der Waals surface area (Å²) in [4.78, 5) is 28.6. The van der Waals surface area contributed by atoms with Crippen LogP contribution in [0.15, 0.2) is 65.6 Å². The van der Waals surface area contributed by atoms with E-state index in [-0.39, 0.29) is 23.4 Å². The number of nitrogens with zero attached hydrogens (tertiary/aromatic N) is 2. The lowest BCUT2D eigenvalue weighted by Crippen LogP contribution is -2.53. The first kappa shape index (κ1) is 29.3. The molecule has 1 saturated carbocycles. The van der Waals surface area contributed by atoms with E-state index in [0.717, 1.165) is 40.8 Å². The van der Waals surface area contributed by atoms with E-state index < -0.39 is 28.5 Å². The van der Waals surface area contributed by atoms with Crippen molar-refractivity contribution in [3.63, 3.8) is 0 Å². The second-order valence-corrected chi connectivity index (χ2v) is 12.8. The second-order valence-electron chi connectivity index (χ2n) is 9.94. The van der Waals surface area contributed by atoms with Gasteiger partial charge in [-0.3, -0.25) is 9.59 Å². The molecular weight excluding hydrogens is 557 g/mol. The Bertz CT molecular complexity index is 1460. The summed E-state index contributed by atoms with van der Waals surface area (Å²) in [5.74, 6) is -0.746. The van der Waals surface area contributed by atoms with Gasteiger partial charge in [0.15, 0.2) is 0 Å². The van der Waals surface area contributed by atoms with E-state index in [4.69, 9.17) is 23.2 Å². The van der Waals surface area contributed by atoms with Crippen molar-refractivity contribution >= 4 is 55.8 Å². The second kappa shape index (κ2) is 12.7. The Morgan fingerprint density at radius 3 is 2.36 bits per heavy atom. The van der Waals surface area contributed by atoms with E-state index in [1.807, 2.05) is 31.2 Å². The number of amides is 2. The minimum absolute atomic E-state index is 0.0370. The lowest BCUT2D eigenvalue weighted by molar-refractivity contribution is -0.141. The molecular formula is C29H33Cl2N3O4S. The summed E-state index contributed by atoms with van der Waals surface area (Å²) in [5, 5.41) is 5.60. The summed E-state index contributed by atoms with van der Waals surface area (Å²) in [6.45, 7) is 1.43. The average Bonchev–Trinajstić information content (AvgIpc) is 3.42. The molecule has 10 heteroatoms. The number of rotatable bonds is 10. The number of hydrogen-bond acceptors (Lipinski definition) is 4. The molecule has 0 radical (unpaired) electrons. The van der Waals surface area contributed by atoms with Crippen molar-refractivity contribution in [1.29, 1.82) is 0 Å². The SMILES string of the molecule is CC[C@@H](C(=O)NC1CCCC1)N(Cc1ccc(Cl)cc1Cl)C(=O)CN(C)S(=O)(=O)c1ccc2ccccc2c1. The van der Waals surface area contributed by atoms with Gasteiger partial charge < -0.3 is 10.2 Å². The van der Waals surface area contributed by atoms with E-state index in [1.54, 1.807) is 30.3 Å². The van der Waals surface area contributed by atoms with Crippen molar-refractivity contribution in [2.24, 2.45) is 0 Å². The third-order valence-electron chi connectivity index (χ3n) is 7.23. The van der Waals surface area contributed by atoms with Crippen molar-refractivity contribution in [1.82, 2.24) is 14.5 Å². The first-order valence-corrected chi connectivity index (χ1v) is 15.3. The van der Waals surface area contributed by atoms with Gasteiger partial charge in [0.05, 0.1) is 11.4 Å². The number of benzene rings is 3. The average molecular weight is 591 g/mol. The number of carbonyl (C=O) groups is 2. The molecule has 7 nitrogen and oxygen atoms in total. The summed E-state index contributed by atoms with van der Waals surface area (Å²) >= 11 is 12.5. The highest BCUT2D eigenvalue weighted by atomic mass is 35.5. The number of likely N-dealkylation sites (N-methyl/N-ethyl adjacent to an activating group) is 1. The predicted octanol–water partition coefficient (Wildman–Crippen LogP) is 5.63. The van der Waals surface area contributed by atoms with Crippen molar-refractivity contribution < 1.29 is 18.0 Å². The minimum Gasteiger partial charge on any atom is -0.352 e. The van der Waals surface area contributed by atoms with Gasteiger partial charge in [-0.25, -0.2) is 8.42 Å². The summed E-state index contributed by atoms with van der Waals surface area (Å²) in [7, 11) is -2.60. The van der Waals surface area contributed by atoms with Crippen LogP contribution in [-0.4, -0.2) is 55.1 Å². The van der Waals surface area contributed by atoms with Crippen molar-refractivity contribution in [2.75, 3.05) is 13.6 Å². The van der Waals surface area contributed by atoms with Gasteiger partial charge in [0.1, 0.15) is 6.04 Å². The van der Waals surface area contributed by atoms with Gasteiger partial charge in [0, 0.05) is 29.7 Å². The van der Waals surface area contributed by atoms with E-state index in [9.17, 15) is 18.0 Å². The Kier molecular flexibility index (Phi) is 9.54. The van der Waals surface area contributed by atoms with Crippen molar-refractivity contribution in [2.45, 2.75) is 62.6 Å². The number of hydrogen-bond donors (Lipinski definition) is 1. The Balaban J connectivity index is 1.59. The van der Waals surface area contributed by atoms with Gasteiger partial charge in [0.2, 0.25) is 21.8 Å². The molecule has 4 rings (SSSR count). The van der Waals surface area contributed by atoms with Crippen LogP contribution in [0.3, 0.4) is 0 Å². The monoisotopic (exact) mass is 589 g/mol. The standard InChI is InChI=1S/C29H33Cl2N3O4S/c1-3-27(29(36)32-24-10-6-7-11-24)34(18-22-12-14-23(30)17-26(22)31)28(35)19-33(2)39(37,38)25-15-13-20-8-4-5-9-21(20)16-25/h4-5,8-9,12-17,24,27H,3,6-7,10-11,18-19H2,1-2H3,(H,32,36)/t27-/m0/s1. The van der Waals surface area contributed by atoms with Crippen LogP contribution in [0.2, 0.25) is 10.0 Å². The van der Waals surface area contributed by atoms with Crippen LogP contribution < -0.4 is 5.32 Å². The van der Waals surface area contributed by atoms with E-state index in [0.29, 0.717) is 22.0 Å². The minimum atomic E-state index is -3.98. The number of carbonyl (C=O) groups excluding carboxylic acids is 2. The topological polar surface area (TPSA) is 86.8 Å². The molecule has 0 spiro atoms. The molecule has 1 N–H and O–H groups in total. The largest absolute Gasteiger partial charge is 0.352 e. The highest BCUT2D eigenvalue weighted by molar-refractivity contribution is 7.89. The van der Waals surface area contributed by atoms with Crippen LogP contribution in [-0.2, 0) is 26.2 Å². The smallest absolute Gasteiger partial charge is 0.243 e. The van der Waals surface area contributed by atoms with Gasteiger partial charge in [-0.15, -0.1) is 0 Å². The maximum atomic E-state index is 13.7. The lowest BCUT2D eigenvalue weighted by atomic mass is 10.1. The Labute approximate surface area is 240 Å². The van der Waals surface area contributed by atoms with Crippen LogP contribution in [0, 0.1) is 0 Å². The van der Waals surface area contributed by atoms with Gasteiger partial charge in [-0.2, -0.15) is 4.31 Å². The molecule has 1 fully saturated rings. The molecule has 0 heterocycles. The number of nitrogens with one attached hydrogen (secondary N) is 1. The first-order valence-electron chi connectivity index (χ1n) is 13.1. The van der Waals surface area contributed by atoms with Gasteiger partial charge in [-0.05, 0) is 59.9 Å². The van der Waals surface area contributed by atoms with E-state index in [1.165, 1.54) is 18.0 Å². The normalized spacial score (nSPS) is 15.0. The zero-order valence-corrected chi connectivity index (χ0v) is 24.4. The van der Waals surface area contributed by atoms with E-state index >= 15 is 0 Å². The zero-order valence-electron chi connectivity index (χ0n) is 22.1. The molecule has 3 aromatic carbocycles. The molecule has 0 unspecified atom stereocenters. The molecule has 0 aliphatic heterocycles. The fraction of sp³-hybridized carbons (Fsp3) is 0.379. The van der Waals surface area contributed by atoms with Crippen molar-refractivity contribution in [3.05, 3.63) is 76.3 Å². The van der Waals surface area contributed by atoms with Crippen LogP contribution in [0.1, 0.15) is 44.6 Å². The molecule has 0 saturated heterocycles. The summed E-state index contributed by atoms with van der Waals surface area (Å²) in [5.41, 5.74) is 0.613. The Morgan fingerprint density at radius 2 is 1.69 bits per heavy atom. The fourth-order valence-corrected chi connectivity index (χ4v) is 6.62. The summed E-state index contributed by atoms with van der Waals surface area (Å²) in [6.07, 6.45) is 4.29. The maximum Gasteiger partial charge on any atom is 0.243 e. The molecule has 2 amide bonds. The Hall–Kier alpha value is -2.65. The molecule has 0 aromatic heterocycles. The number of sulfonamides is 1. The molecule has 1 aliphatic carbocycles. The molecule has 208 valence electrons. The maximum absolute atomic E-state index is 13.7. The number of halogens is 2. The fourth-order valence-electron chi connectivity index (χ4n) is 4.99. The third-order valence-corrected chi connectivity index (χ3v) is 9.62. The third kappa shape index (κ3) is 6.92. The van der Waals surface area contributed by atoms with Crippen LogP contribution in [0.5, 0.6) is 0 Å². The van der Waals surface area contributed by atoms with Gasteiger partial charge >= 0.3 is 0 Å². The highest BCUT2D eigenvalue weighted by Gasteiger charge is 2.33. The molecule has 0 bridgehead atoms. The van der Waals surface area contributed by atoms with Crippen LogP contribution >= 0.6 is 23.2 Å². The zero-order chi connectivity index (χ0) is 28.2. The predicted molar refractivity (Wildman–Crippen MR) is 155 cm³/mol. The Morgan fingerprint density at radius 1 is 1.00 bits per heavy atom. The van der Waals surface area contributed by atoms with Gasteiger partial charge in [0.25, 0.3) is 0 Å². The van der Waals surface area contributed by atoms with Crippen LogP contribution in [0.4, 0.5) is 0 Å². The first-order chi connectivity index (χ1) is 18.6. The molecule has 3 aromatic rings. The number of fused-ring (bicyclic) bond motifs is 1. The van der Waals surface area contributed by atoms with E-state index in [2.05, 4.69) is 5.32 Å². The molecule has 1 aliphatic rings. The lowest BCUT2D eigenvalue weighted by Gasteiger charge is -2.33. The quantitative estimate of drug-likeness (QED) is 0.332. The molecule has 1 atom stereocenters. The van der Waals surface area contributed by atoms with Crippen molar-refractivity contribution in [3.8, 4) is 0 Å². The summed E-state index contributed by atoms with van der Waals surface area (Å²) in [6, 6.07) is 16.6.